The summed E-state index contributed by atoms with van der Waals surface area (Å²) >= 11 is 0. The van der Waals surface area contributed by atoms with Crippen molar-refractivity contribution in [2.75, 3.05) is 5.32 Å². The highest BCUT2D eigenvalue weighted by atomic mass is 16.4. The van der Waals surface area contributed by atoms with Gasteiger partial charge in [0, 0.05) is 18.4 Å². The highest BCUT2D eigenvalue weighted by molar-refractivity contribution is 5.90. The molecule has 0 saturated heterocycles. The number of nitrogens with zero attached hydrogens (tertiary/aromatic N) is 2. The summed E-state index contributed by atoms with van der Waals surface area (Å²) in [6, 6.07) is 5.98. The SMILES string of the molecule is Cc1cc(C)c(CNc2cc(C(=O)O)cn3c(C)c(C)nc23)c(C)c1. The lowest BCUT2D eigenvalue weighted by Gasteiger charge is -2.14. The standard InChI is InChI=1S/C20H23N3O2/c1-11-6-12(2)17(13(3)7-11)9-21-18-8-16(20(24)25)10-23-15(5)14(4)22-19(18)23/h6-8,10,21H,9H2,1-5H3,(H,24,25). The summed E-state index contributed by atoms with van der Waals surface area (Å²) in [6.45, 7) is 10.8. The van der Waals surface area contributed by atoms with Crippen LogP contribution in [0.1, 0.15) is 44.0 Å². The van der Waals surface area contributed by atoms with E-state index in [9.17, 15) is 9.90 Å². The number of nitrogens with one attached hydrogen (secondary N) is 1. The Kier molecular flexibility index (Phi) is 4.25. The zero-order valence-corrected chi connectivity index (χ0v) is 15.3. The van der Waals surface area contributed by atoms with Gasteiger partial charge in [0.2, 0.25) is 0 Å². The number of carboxylic acids is 1. The highest BCUT2D eigenvalue weighted by Crippen LogP contribution is 2.24. The van der Waals surface area contributed by atoms with Crippen LogP contribution >= 0.6 is 0 Å². The number of carboxylic acid groups (broad SMARTS) is 1. The molecule has 2 N–H and O–H groups in total. The molecule has 0 saturated carbocycles. The van der Waals surface area contributed by atoms with Gasteiger partial charge in [-0.25, -0.2) is 9.78 Å². The van der Waals surface area contributed by atoms with Gasteiger partial charge >= 0.3 is 5.97 Å². The number of anilines is 1. The number of hydrogen-bond donors (Lipinski definition) is 2. The number of benzene rings is 1. The summed E-state index contributed by atoms with van der Waals surface area (Å²) in [6.07, 6.45) is 1.63. The van der Waals surface area contributed by atoms with Gasteiger partial charge in [0.15, 0.2) is 5.65 Å². The molecule has 0 aliphatic heterocycles. The third kappa shape index (κ3) is 3.09. The Morgan fingerprint density at radius 1 is 1.12 bits per heavy atom. The summed E-state index contributed by atoms with van der Waals surface area (Å²) in [5, 5.41) is 12.8. The first-order chi connectivity index (χ1) is 11.8. The molecular weight excluding hydrogens is 314 g/mol. The van der Waals surface area contributed by atoms with E-state index in [4.69, 9.17) is 0 Å². The Balaban J connectivity index is 2.04. The van der Waals surface area contributed by atoms with E-state index in [1.165, 1.54) is 22.3 Å². The fraction of sp³-hybridized carbons (Fsp3) is 0.300. The van der Waals surface area contributed by atoms with Gasteiger partial charge < -0.3 is 14.8 Å². The maximum Gasteiger partial charge on any atom is 0.337 e. The van der Waals surface area contributed by atoms with E-state index in [0.717, 1.165) is 22.7 Å². The number of aromatic carboxylic acids is 1. The third-order valence-corrected chi connectivity index (χ3v) is 4.74. The molecule has 3 aromatic rings. The molecule has 2 heterocycles. The molecule has 0 atom stereocenters. The maximum atomic E-state index is 11.5. The van der Waals surface area contributed by atoms with Crippen molar-refractivity contribution in [3.63, 3.8) is 0 Å². The Hall–Kier alpha value is -2.82. The average molecular weight is 337 g/mol. The van der Waals surface area contributed by atoms with Gasteiger partial charge in [-0.3, -0.25) is 0 Å². The number of hydrogen-bond acceptors (Lipinski definition) is 3. The van der Waals surface area contributed by atoms with E-state index in [2.05, 4.69) is 43.2 Å². The zero-order valence-electron chi connectivity index (χ0n) is 15.3. The van der Waals surface area contributed by atoms with Crippen molar-refractivity contribution in [2.45, 2.75) is 41.2 Å². The largest absolute Gasteiger partial charge is 0.478 e. The summed E-state index contributed by atoms with van der Waals surface area (Å²) in [4.78, 5) is 16.1. The van der Waals surface area contributed by atoms with Crippen molar-refractivity contribution in [1.82, 2.24) is 9.38 Å². The first kappa shape index (κ1) is 17.0. The molecular formula is C20H23N3O2. The van der Waals surface area contributed by atoms with Gasteiger partial charge in [0.05, 0.1) is 16.9 Å². The third-order valence-electron chi connectivity index (χ3n) is 4.74. The second kappa shape index (κ2) is 6.24. The fourth-order valence-electron chi connectivity index (χ4n) is 3.29. The van der Waals surface area contributed by atoms with E-state index >= 15 is 0 Å². The van der Waals surface area contributed by atoms with Crippen molar-refractivity contribution in [3.8, 4) is 0 Å². The molecule has 25 heavy (non-hydrogen) atoms. The minimum Gasteiger partial charge on any atom is -0.478 e. The van der Waals surface area contributed by atoms with Gasteiger partial charge in [-0.15, -0.1) is 0 Å². The topological polar surface area (TPSA) is 66.6 Å². The van der Waals surface area contributed by atoms with Crippen molar-refractivity contribution in [2.24, 2.45) is 0 Å². The van der Waals surface area contributed by atoms with Crippen LogP contribution < -0.4 is 5.32 Å². The minimum atomic E-state index is -0.946. The molecule has 0 aliphatic carbocycles. The van der Waals surface area contributed by atoms with E-state index < -0.39 is 5.97 Å². The Morgan fingerprint density at radius 2 is 1.76 bits per heavy atom. The number of pyridine rings is 1. The second-order valence-corrected chi connectivity index (χ2v) is 6.65. The molecule has 0 fully saturated rings. The van der Waals surface area contributed by atoms with Crippen LogP contribution in [0.2, 0.25) is 0 Å². The van der Waals surface area contributed by atoms with Gasteiger partial charge in [-0.05, 0) is 57.4 Å². The molecule has 5 nitrogen and oxygen atoms in total. The molecule has 130 valence electrons. The Bertz CT molecular complexity index is 963. The molecule has 5 heteroatoms. The summed E-state index contributed by atoms with van der Waals surface area (Å²) < 4.78 is 1.84. The van der Waals surface area contributed by atoms with E-state index in [1.807, 2.05) is 18.2 Å². The van der Waals surface area contributed by atoms with Crippen LogP contribution in [0.3, 0.4) is 0 Å². The smallest absolute Gasteiger partial charge is 0.337 e. The molecule has 0 aliphatic rings. The number of fused-ring (bicyclic) bond motifs is 1. The molecule has 0 radical (unpaired) electrons. The quantitative estimate of drug-likeness (QED) is 0.749. The van der Waals surface area contributed by atoms with Crippen molar-refractivity contribution in [3.05, 3.63) is 63.6 Å². The Labute approximate surface area is 147 Å². The van der Waals surface area contributed by atoms with Crippen LogP contribution in [0.25, 0.3) is 5.65 Å². The van der Waals surface area contributed by atoms with E-state index in [0.29, 0.717) is 6.54 Å². The normalized spacial score (nSPS) is 11.1. The van der Waals surface area contributed by atoms with Crippen LogP contribution in [0, 0.1) is 34.6 Å². The van der Waals surface area contributed by atoms with Crippen LogP contribution in [-0.2, 0) is 6.54 Å². The molecule has 0 amide bonds. The maximum absolute atomic E-state index is 11.5. The second-order valence-electron chi connectivity index (χ2n) is 6.65. The molecule has 0 spiro atoms. The van der Waals surface area contributed by atoms with Gasteiger partial charge in [0.1, 0.15) is 0 Å². The Morgan fingerprint density at radius 3 is 2.36 bits per heavy atom. The number of aromatic nitrogens is 2. The van der Waals surface area contributed by atoms with Gasteiger partial charge in [-0.1, -0.05) is 17.7 Å². The van der Waals surface area contributed by atoms with E-state index in [-0.39, 0.29) is 5.56 Å². The molecule has 0 unspecified atom stereocenters. The predicted octanol–water partition coefficient (Wildman–Crippen LogP) is 4.19. The first-order valence-electron chi connectivity index (χ1n) is 8.31. The summed E-state index contributed by atoms with van der Waals surface area (Å²) in [7, 11) is 0. The molecule has 3 rings (SSSR count). The van der Waals surface area contributed by atoms with Gasteiger partial charge in [0.25, 0.3) is 0 Å². The van der Waals surface area contributed by atoms with Crippen molar-refractivity contribution >= 4 is 17.3 Å². The van der Waals surface area contributed by atoms with Crippen molar-refractivity contribution in [1.29, 1.82) is 0 Å². The number of imidazole rings is 1. The van der Waals surface area contributed by atoms with Crippen LogP contribution in [0.5, 0.6) is 0 Å². The first-order valence-corrected chi connectivity index (χ1v) is 8.31. The van der Waals surface area contributed by atoms with Crippen LogP contribution in [0.15, 0.2) is 24.4 Å². The summed E-state index contributed by atoms with van der Waals surface area (Å²) in [5.74, 6) is -0.946. The predicted molar refractivity (Wildman–Crippen MR) is 99.6 cm³/mol. The highest BCUT2D eigenvalue weighted by Gasteiger charge is 2.14. The van der Waals surface area contributed by atoms with Crippen LogP contribution in [0.4, 0.5) is 5.69 Å². The molecule has 0 bridgehead atoms. The molecule has 1 aromatic carbocycles. The number of rotatable bonds is 4. The zero-order chi connectivity index (χ0) is 18.3. The number of carbonyl (C=O) groups is 1. The molecule has 2 aromatic heterocycles. The minimum absolute atomic E-state index is 0.243. The monoisotopic (exact) mass is 337 g/mol. The fourth-order valence-corrected chi connectivity index (χ4v) is 3.29. The summed E-state index contributed by atoms with van der Waals surface area (Å²) in [5.41, 5.74) is 8.50. The lowest BCUT2D eigenvalue weighted by atomic mass is 10.00. The van der Waals surface area contributed by atoms with Crippen molar-refractivity contribution < 1.29 is 9.90 Å². The van der Waals surface area contributed by atoms with Gasteiger partial charge in [-0.2, -0.15) is 0 Å². The van der Waals surface area contributed by atoms with E-state index in [1.54, 1.807) is 12.3 Å². The number of aryl methyl sites for hydroxylation is 5. The lowest BCUT2D eigenvalue weighted by molar-refractivity contribution is 0.0696. The average Bonchev–Trinajstić information content (AvgIpc) is 2.81. The van der Waals surface area contributed by atoms with Crippen LogP contribution in [-0.4, -0.2) is 20.5 Å². The lowest BCUT2D eigenvalue weighted by Crippen LogP contribution is -2.08.